The molecule has 1 aromatic rings. The van der Waals surface area contributed by atoms with Crippen molar-refractivity contribution in [1.82, 2.24) is 9.80 Å². The standard InChI is InChI=1S/C16H24N2O4/c1-12(13-4-5-14(21-2)15(10-13)22-3)18-8-6-17(7-9-18)11-16(19)20/h4-5,10,12H,6-9,11H2,1-3H3,(H,19,20). The number of carboxylic acids is 1. The summed E-state index contributed by atoms with van der Waals surface area (Å²) in [5.41, 5.74) is 1.17. The van der Waals surface area contributed by atoms with E-state index >= 15 is 0 Å². The van der Waals surface area contributed by atoms with Crippen LogP contribution in [0.25, 0.3) is 0 Å². The summed E-state index contributed by atoms with van der Waals surface area (Å²) in [7, 11) is 3.26. The molecule has 0 bridgehead atoms. The van der Waals surface area contributed by atoms with E-state index in [0.29, 0.717) is 0 Å². The van der Waals surface area contributed by atoms with Crippen molar-refractivity contribution < 1.29 is 19.4 Å². The van der Waals surface area contributed by atoms with Gasteiger partial charge in [-0.1, -0.05) is 6.07 Å². The molecule has 1 N–H and O–H groups in total. The normalized spacial score (nSPS) is 18.0. The van der Waals surface area contributed by atoms with Gasteiger partial charge in [-0.2, -0.15) is 0 Å². The van der Waals surface area contributed by atoms with Crippen LogP contribution in [-0.2, 0) is 4.79 Å². The SMILES string of the molecule is COc1ccc(C(C)N2CCN(CC(=O)O)CC2)cc1OC. The minimum absolute atomic E-state index is 0.124. The summed E-state index contributed by atoms with van der Waals surface area (Å²) in [6, 6.07) is 6.24. The number of hydrogen-bond donors (Lipinski definition) is 1. The second-order valence-electron chi connectivity index (χ2n) is 5.50. The summed E-state index contributed by atoms with van der Waals surface area (Å²) < 4.78 is 10.6. The minimum atomic E-state index is -0.763. The van der Waals surface area contributed by atoms with E-state index in [1.165, 1.54) is 5.56 Å². The maximum atomic E-state index is 10.8. The van der Waals surface area contributed by atoms with Gasteiger partial charge in [0.15, 0.2) is 11.5 Å². The van der Waals surface area contributed by atoms with E-state index in [0.717, 1.165) is 37.7 Å². The molecular formula is C16H24N2O4. The number of hydrogen-bond acceptors (Lipinski definition) is 5. The Kier molecular flexibility index (Phi) is 5.63. The van der Waals surface area contributed by atoms with Crippen LogP contribution in [0.15, 0.2) is 18.2 Å². The third-order valence-electron chi connectivity index (χ3n) is 4.20. The van der Waals surface area contributed by atoms with Crippen molar-refractivity contribution in [3.63, 3.8) is 0 Å². The maximum absolute atomic E-state index is 10.8. The van der Waals surface area contributed by atoms with Gasteiger partial charge < -0.3 is 14.6 Å². The van der Waals surface area contributed by atoms with Crippen LogP contribution in [0.5, 0.6) is 11.5 Å². The molecule has 1 aliphatic heterocycles. The van der Waals surface area contributed by atoms with Crippen molar-refractivity contribution in [3.8, 4) is 11.5 Å². The fourth-order valence-electron chi connectivity index (χ4n) is 2.82. The van der Waals surface area contributed by atoms with Crippen molar-refractivity contribution >= 4 is 5.97 Å². The third-order valence-corrected chi connectivity index (χ3v) is 4.20. The molecule has 1 unspecified atom stereocenters. The molecule has 1 aliphatic rings. The molecule has 1 atom stereocenters. The van der Waals surface area contributed by atoms with Gasteiger partial charge in [-0.25, -0.2) is 0 Å². The lowest BCUT2D eigenvalue weighted by atomic mass is 10.1. The monoisotopic (exact) mass is 308 g/mol. The summed E-state index contributed by atoms with van der Waals surface area (Å²) in [6.07, 6.45) is 0. The van der Waals surface area contributed by atoms with Crippen LogP contribution in [0.4, 0.5) is 0 Å². The fourth-order valence-corrected chi connectivity index (χ4v) is 2.82. The van der Waals surface area contributed by atoms with E-state index in [1.807, 2.05) is 17.0 Å². The van der Waals surface area contributed by atoms with Crippen molar-refractivity contribution in [3.05, 3.63) is 23.8 Å². The molecule has 0 spiro atoms. The summed E-state index contributed by atoms with van der Waals surface area (Å²) in [5, 5.41) is 8.84. The van der Waals surface area contributed by atoms with Gasteiger partial charge in [0.25, 0.3) is 0 Å². The van der Waals surface area contributed by atoms with Crippen LogP contribution in [-0.4, -0.2) is 67.8 Å². The number of aliphatic carboxylic acids is 1. The zero-order valence-corrected chi connectivity index (χ0v) is 13.4. The topological polar surface area (TPSA) is 62.2 Å². The van der Waals surface area contributed by atoms with Gasteiger partial charge >= 0.3 is 5.97 Å². The lowest BCUT2D eigenvalue weighted by molar-refractivity contribution is -0.138. The lowest BCUT2D eigenvalue weighted by Crippen LogP contribution is -2.48. The summed E-state index contributed by atoms with van der Waals surface area (Å²) in [6.45, 7) is 5.58. The van der Waals surface area contributed by atoms with Gasteiger partial charge in [0.05, 0.1) is 20.8 Å². The van der Waals surface area contributed by atoms with E-state index in [9.17, 15) is 4.79 Å². The number of methoxy groups -OCH3 is 2. The lowest BCUT2D eigenvalue weighted by Gasteiger charge is -2.37. The molecule has 1 aromatic carbocycles. The van der Waals surface area contributed by atoms with Gasteiger partial charge in [0.1, 0.15) is 0 Å². The highest BCUT2D eigenvalue weighted by Gasteiger charge is 2.23. The second-order valence-corrected chi connectivity index (χ2v) is 5.50. The van der Waals surface area contributed by atoms with Crippen LogP contribution >= 0.6 is 0 Å². The van der Waals surface area contributed by atoms with E-state index in [4.69, 9.17) is 14.6 Å². The highest BCUT2D eigenvalue weighted by Crippen LogP contribution is 2.32. The van der Waals surface area contributed by atoms with Gasteiger partial charge in [-0.15, -0.1) is 0 Å². The molecule has 122 valence electrons. The van der Waals surface area contributed by atoms with Crippen molar-refractivity contribution in [2.75, 3.05) is 46.9 Å². The smallest absolute Gasteiger partial charge is 0.317 e. The summed E-state index contributed by atoms with van der Waals surface area (Å²) >= 11 is 0. The number of piperazine rings is 1. The molecule has 0 aliphatic carbocycles. The van der Waals surface area contributed by atoms with Crippen LogP contribution in [0.1, 0.15) is 18.5 Å². The first-order chi connectivity index (χ1) is 10.5. The first kappa shape index (κ1) is 16.6. The van der Waals surface area contributed by atoms with Crippen LogP contribution < -0.4 is 9.47 Å². The quantitative estimate of drug-likeness (QED) is 0.858. The maximum Gasteiger partial charge on any atom is 0.317 e. The number of ether oxygens (including phenoxy) is 2. The molecule has 0 radical (unpaired) electrons. The second kappa shape index (κ2) is 7.47. The van der Waals surface area contributed by atoms with Crippen LogP contribution in [0, 0.1) is 0 Å². The van der Waals surface area contributed by atoms with Gasteiger partial charge in [0.2, 0.25) is 0 Å². The molecule has 0 saturated carbocycles. The highest BCUT2D eigenvalue weighted by atomic mass is 16.5. The zero-order valence-electron chi connectivity index (χ0n) is 13.4. The van der Waals surface area contributed by atoms with Crippen molar-refractivity contribution in [2.24, 2.45) is 0 Å². The van der Waals surface area contributed by atoms with Gasteiger partial charge in [0, 0.05) is 32.2 Å². The van der Waals surface area contributed by atoms with Crippen molar-refractivity contribution in [2.45, 2.75) is 13.0 Å². The molecule has 1 saturated heterocycles. The van der Waals surface area contributed by atoms with Gasteiger partial charge in [-0.3, -0.25) is 14.6 Å². The Balaban J connectivity index is 2.00. The molecule has 2 rings (SSSR count). The Morgan fingerprint density at radius 3 is 2.36 bits per heavy atom. The number of rotatable bonds is 6. The Hall–Kier alpha value is -1.79. The van der Waals surface area contributed by atoms with E-state index in [2.05, 4.69) is 17.9 Å². The Labute approximate surface area is 131 Å². The van der Waals surface area contributed by atoms with E-state index in [-0.39, 0.29) is 12.6 Å². The molecule has 6 heteroatoms. The van der Waals surface area contributed by atoms with Crippen LogP contribution in [0.2, 0.25) is 0 Å². The van der Waals surface area contributed by atoms with E-state index in [1.54, 1.807) is 14.2 Å². The highest BCUT2D eigenvalue weighted by molar-refractivity contribution is 5.69. The molecular weight excluding hydrogens is 284 g/mol. The minimum Gasteiger partial charge on any atom is -0.493 e. The number of carboxylic acid groups (broad SMARTS) is 1. The number of nitrogens with zero attached hydrogens (tertiary/aromatic N) is 2. The molecule has 1 heterocycles. The number of carbonyl (C=O) groups is 1. The molecule has 0 aromatic heterocycles. The average molecular weight is 308 g/mol. The fraction of sp³-hybridized carbons (Fsp3) is 0.562. The Morgan fingerprint density at radius 2 is 1.82 bits per heavy atom. The first-order valence-corrected chi connectivity index (χ1v) is 7.45. The summed E-state index contributed by atoms with van der Waals surface area (Å²) in [4.78, 5) is 15.1. The Morgan fingerprint density at radius 1 is 1.18 bits per heavy atom. The van der Waals surface area contributed by atoms with Crippen molar-refractivity contribution in [1.29, 1.82) is 0 Å². The molecule has 22 heavy (non-hydrogen) atoms. The van der Waals surface area contributed by atoms with E-state index < -0.39 is 5.97 Å². The number of benzene rings is 1. The van der Waals surface area contributed by atoms with Crippen LogP contribution in [0.3, 0.4) is 0 Å². The largest absolute Gasteiger partial charge is 0.493 e. The zero-order chi connectivity index (χ0) is 16.1. The molecule has 0 amide bonds. The Bertz CT molecular complexity index is 513. The summed E-state index contributed by atoms with van der Waals surface area (Å²) in [5.74, 6) is 0.697. The third kappa shape index (κ3) is 3.90. The first-order valence-electron chi connectivity index (χ1n) is 7.45. The predicted molar refractivity (Wildman–Crippen MR) is 83.6 cm³/mol. The predicted octanol–water partition coefficient (Wildman–Crippen LogP) is 1.47. The van der Waals surface area contributed by atoms with Gasteiger partial charge in [-0.05, 0) is 24.6 Å². The molecule has 6 nitrogen and oxygen atoms in total. The molecule has 1 fully saturated rings. The average Bonchev–Trinajstić information content (AvgIpc) is 2.53.